The Morgan fingerprint density at radius 3 is 2.57 bits per heavy atom. The van der Waals surface area contributed by atoms with Crippen molar-refractivity contribution in [2.24, 2.45) is 5.92 Å². The molecule has 0 spiro atoms. The summed E-state index contributed by atoms with van der Waals surface area (Å²) in [5.74, 6) is -2.16. The number of nitrogens with zero attached hydrogens (tertiary/aromatic N) is 1. The summed E-state index contributed by atoms with van der Waals surface area (Å²) in [7, 11) is 0. The highest BCUT2D eigenvalue weighted by atomic mass is 19.1. The van der Waals surface area contributed by atoms with E-state index in [2.05, 4.69) is 10.6 Å². The summed E-state index contributed by atoms with van der Waals surface area (Å²) >= 11 is 0. The Morgan fingerprint density at radius 1 is 1.29 bits per heavy atom. The molecule has 0 saturated heterocycles. The average molecular weight is 295 g/mol. The highest BCUT2D eigenvalue weighted by Crippen LogP contribution is 2.32. The van der Waals surface area contributed by atoms with E-state index in [0.717, 1.165) is 0 Å². The van der Waals surface area contributed by atoms with Crippen molar-refractivity contribution in [3.63, 3.8) is 0 Å². The lowest BCUT2D eigenvalue weighted by Gasteiger charge is -2.07. The van der Waals surface area contributed by atoms with Crippen LogP contribution in [0.15, 0.2) is 24.3 Å². The summed E-state index contributed by atoms with van der Waals surface area (Å²) in [6, 6.07) is 4.77. The van der Waals surface area contributed by atoms with Crippen molar-refractivity contribution >= 4 is 11.8 Å². The van der Waals surface area contributed by atoms with Gasteiger partial charge in [-0.25, -0.2) is 4.39 Å². The quantitative estimate of drug-likeness (QED) is 0.449. The highest BCUT2D eigenvalue weighted by molar-refractivity contribution is 5.94. The molecule has 1 aliphatic carbocycles. The second-order valence-electron chi connectivity index (χ2n) is 4.72. The molecule has 0 radical (unpaired) electrons. The first kappa shape index (κ1) is 14.9. The minimum Gasteiger partial charge on any atom is -0.354 e. The van der Waals surface area contributed by atoms with E-state index in [0.29, 0.717) is 0 Å². The molecule has 0 aromatic heterocycles. The lowest BCUT2D eigenvalue weighted by Crippen LogP contribution is -2.36. The summed E-state index contributed by atoms with van der Waals surface area (Å²) in [5, 5.41) is 15.4. The Morgan fingerprint density at radius 2 is 1.95 bits per heavy atom. The van der Waals surface area contributed by atoms with Gasteiger partial charge in [0.05, 0.1) is 5.56 Å². The molecular weight excluding hydrogens is 281 g/mol. The number of halogens is 1. The zero-order valence-corrected chi connectivity index (χ0v) is 11.0. The molecule has 0 unspecified atom stereocenters. The van der Waals surface area contributed by atoms with Gasteiger partial charge in [-0.05, 0) is 12.1 Å². The molecule has 0 heterocycles. The van der Waals surface area contributed by atoms with Gasteiger partial charge in [-0.2, -0.15) is 0 Å². The summed E-state index contributed by atoms with van der Waals surface area (Å²) < 4.78 is 13.3. The summed E-state index contributed by atoms with van der Waals surface area (Å²) in [4.78, 5) is 33.1. The van der Waals surface area contributed by atoms with E-state index in [1.54, 1.807) is 6.07 Å². The predicted octanol–water partition coefficient (Wildman–Crippen LogP) is 0.337. The summed E-state index contributed by atoms with van der Waals surface area (Å²) in [6.45, 7) is 0.259. The van der Waals surface area contributed by atoms with Crippen molar-refractivity contribution in [3.8, 4) is 0 Å². The number of carbonyl (C=O) groups excluding carboxylic acids is 2. The molecule has 2 rings (SSSR count). The summed E-state index contributed by atoms with van der Waals surface area (Å²) in [5.41, 5.74) is -0.0700. The second kappa shape index (κ2) is 6.29. The number of carbonyl (C=O) groups is 2. The Bertz CT molecular complexity index is 578. The Labute approximate surface area is 119 Å². The lowest BCUT2D eigenvalue weighted by atomic mass is 10.2. The number of nitro groups is 1. The van der Waals surface area contributed by atoms with E-state index >= 15 is 0 Å². The lowest BCUT2D eigenvalue weighted by molar-refractivity contribution is -0.497. The van der Waals surface area contributed by atoms with Gasteiger partial charge < -0.3 is 10.6 Å². The molecule has 0 bridgehead atoms. The van der Waals surface area contributed by atoms with Crippen molar-refractivity contribution in [2.45, 2.75) is 12.5 Å². The molecule has 0 aliphatic heterocycles. The van der Waals surface area contributed by atoms with E-state index in [4.69, 9.17) is 0 Å². The third-order valence-electron chi connectivity index (χ3n) is 3.19. The summed E-state index contributed by atoms with van der Waals surface area (Å²) in [6.07, 6.45) is 0.250. The molecule has 1 aliphatic rings. The van der Waals surface area contributed by atoms with Crippen LogP contribution in [-0.4, -0.2) is 35.9 Å². The molecular formula is C13H14FN3O4. The first-order valence-corrected chi connectivity index (χ1v) is 6.44. The smallest absolute Gasteiger partial charge is 0.254 e. The van der Waals surface area contributed by atoms with Crippen LogP contribution < -0.4 is 10.6 Å². The van der Waals surface area contributed by atoms with Crippen LogP contribution in [0.4, 0.5) is 4.39 Å². The molecule has 1 aromatic carbocycles. The maximum Gasteiger partial charge on any atom is 0.254 e. The molecule has 2 atom stereocenters. The maximum atomic E-state index is 13.3. The van der Waals surface area contributed by atoms with Gasteiger partial charge in [0.15, 0.2) is 0 Å². The first-order chi connectivity index (χ1) is 10.0. The zero-order valence-electron chi connectivity index (χ0n) is 11.0. The van der Waals surface area contributed by atoms with Crippen molar-refractivity contribution < 1.29 is 18.9 Å². The fourth-order valence-electron chi connectivity index (χ4n) is 1.93. The normalized spacial score (nSPS) is 19.7. The second-order valence-corrected chi connectivity index (χ2v) is 4.72. The van der Waals surface area contributed by atoms with Crippen LogP contribution in [0, 0.1) is 21.8 Å². The van der Waals surface area contributed by atoms with Gasteiger partial charge in [-0.15, -0.1) is 0 Å². The van der Waals surface area contributed by atoms with Gasteiger partial charge in [-0.1, -0.05) is 12.1 Å². The molecule has 1 saturated carbocycles. The predicted molar refractivity (Wildman–Crippen MR) is 70.6 cm³/mol. The fraction of sp³-hybridized carbons (Fsp3) is 0.385. The minimum absolute atomic E-state index is 0.0700. The van der Waals surface area contributed by atoms with Crippen LogP contribution >= 0.6 is 0 Å². The molecule has 8 heteroatoms. The van der Waals surface area contributed by atoms with Gasteiger partial charge in [-0.3, -0.25) is 19.7 Å². The van der Waals surface area contributed by atoms with Crippen LogP contribution in [0.5, 0.6) is 0 Å². The highest BCUT2D eigenvalue weighted by Gasteiger charge is 2.53. The van der Waals surface area contributed by atoms with Gasteiger partial charge in [0.25, 0.3) is 5.91 Å². The maximum absolute atomic E-state index is 13.3. The van der Waals surface area contributed by atoms with Crippen molar-refractivity contribution in [1.82, 2.24) is 10.6 Å². The Balaban J connectivity index is 1.69. The first-order valence-electron chi connectivity index (χ1n) is 6.44. The minimum atomic E-state index is -0.794. The Hall–Kier alpha value is -2.51. The van der Waals surface area contributed by atoms with Crippen LogP contribution in [0.25, 0.3) is 0 Å². The zero-order chi connectivity index (χ0) is 15.4. The molecule has 1 fully saturated rings. The van der Waals surface area contributed by atoms with Crippen LogP contribution in [0.2, 0.25) is 0 Å². The van der Waals surface area contributed by atoms with Gasteiger partial charge in [0.2, 0.25) is 11.9 Å². The number of hydrogen-bond acceptors (Lipinski definition) is 4. The number of rotatable bonds is 6. The third-order valence-corrected chi connectivity index (χ3v) is 3.19. The van der Waals surface area contributed by atoms with E-state index in [1.165, 1.54) is 18.2 Å². The van der Waals surface area contributed by atoms with Crippen molar-refractivity contribution in [3.05, 3.63) is 45.8 Å². The van der Waals surface area contributed by atoms with E-state index in [-0.39, 0.29) is 25.1 Å². The van der Waals surface area contributed by atoms with E-state index in [9.17, 15) is 24.1 Å². The third kappa shape index (κ3) is 3.74. The van der Waals surface area contributed by atoms with Crippen LogP contribution in [-0.2, 0) is 4.79 Å². The monoisotopic (exact) mass is 295 g/mol. The molecule has 2 N–H and O–H groups in total. The molecule has 7 nitrogen and oxygen atoms in total. The number of amides is 2. The largest absolute Gasteiger partial charge is 0.354 e. The topological polar surface area (TPSA) is 101 Å². The van der Waals surface area contributed by atoms with Gasteiger partial charge in [0.1, 0.15) is 11.7 Å². The fourth-order valence-corrected chi connectivity index (χ4v) is 1.93. The Kier molecular flexibility index (Phi) is 4.46. The number of nitrogens with one attached hydrogen (secondary N) is 2. The average Bonchev–Trinajstić information content (AvgIpc) is 3.24. The standard InChI is InChI=1S/C13H14FN3O4/c14-10-4-2-1-3-8(10)12(18)15-5-6-16-13(19)9-7-11(9)17(20)21/h1-4,9,11H,5-7H2,(H,15,18)(H,16,19)/t9-,11-/m0/s1. The number of hydrogen-bond donors (Lipinski definition) is 2. The number of benzene rings is 1. The van der Waals surface area contributed by atoms with Crippen LogP contribution in [0.3, 0.4) is 0 Å². The van der Waals surface area contributed by atoms with Crippen molar-refractivity contribution in [2.75, 3.05) is 13.1 Å². The van der Waals surface area contributed by atoms with Gasteiger partial charge >= 0.3 is 0 Å². The molecule has 2 amide bonds. The van der Waals surface area contributed by atoms with E-state index in [1.807, 2.05) is 0 Å². The molecule has 21 heavy (non-hydrogen) atoms. The van der Waals surface area contributed by atoms with E-state index < -0.39 is 34.5 Å². The SMILES string of the molecule is O=C(NCCNC(=O)[C@H]1C[C@@H]1[N+](=O)[O-])c1ccccc1F. The van der Waals surface area contributed by atoms with Crippen LogP contribution in [0.1, 0.15) is 16.8 Å². The van der Waals surface area contributed by atoms with Crippen molar-refractivity contribution in [1.29, 1.82) is 0 Å². The molecule has 1 aromatic rings. The van der Waals surface area contributed by atoms with Gasteiger partial charge in [0, 0.05) is 24.4 Å². The molecule has 112 valence electrons.